The monoisotopic (exact) mass is 301 g/mol. The Balaban J connectivity index is 1.88. The normalized spacial score (nSPS) is 13.8. The molecule has 3 rings (SSSR count). The summed E-state index contributed by atoms with van der Waals surface area (Å²) >= 11 is 3.65. The summed E-state index contributed by atoms with van der Waals surface area (Å²) in [4.78, 5) is 2.47. The van der Waals surface area contributed by atoms with Crippen LogP contribution < -0.4 is 4.90 Å². The second kappa shape index (κ2) is 4.77. The summed E-state index contributed by atoms with van der Waals surface area (Å²) in [7, 11) is 0. The van der Waals surface area contributed by atoms with Gasteiger partial charge in [-0.25, -0.2) is 0 Å². The lowest BCUT2D eigenvalue weighted by Crippen LogP contribution is -2.19. The minimum Gasteiger partial charge on any atom is -0.367 e. The Kier molecular flexibility index (Phi) is 3.13. The standard InChI is InChI=1S/C16H16BrN/c1-12-6-7-15(17)14(10-12)11-18-9-8-13-4-2-3-5-16(13)18/h2-7,10H,8-9,11H2,1H3. The van der Waals surface area contributed by atoms with Crippen molar-refractivity contribution in [3.05, 3.63) is 63.6 Å². The van der Waals surface area contributed by atoms with Gasteiger partial charge in [0.15, 0.2) is 0 Å². The minimum atomic E-state index is 0.985. The van der Waals surface area contributed by atoms with Crippen LogP contribution >= 0.6 is 15.9 Å². The molecule has 0 saturated carbocycles. The van der Waals surface area contributed by atoms with E-state index in [0.29, 0.717) is 0 Å². The average molecular weight is 302 g/mol. The number of nitrogens with zero attached hydrogens (tertiary/aromatic N) is 1. The van der Waals surface area contributed by atoms with E-state index in [1.807, 2.05) is 0 Å². The second-order valence-electron chi connectivity index (χ2n) is 4.90. The van der Waals surface area contributed by atoms with Gasteiger partial charge in [-0.2, -0.15) is 0 Å². The zero-order chi connectivity index (χ0) is 12.5. The molecule has 0 aromatic heterocycles. The maximum atomic E-state index is 3.65. The lowest BCUT2D eigenvalue weighted by Gasteiger charge is -2.20. The molecule has 1 aliphatic heterocycles. The Morgan fingerprint density at radius 3 is 2.89 bits per heavy atom. The van der Waals surface area contributed by atoms with Crippen molar-refractivity contribution in [2.24, 2.45) is 0 Å². The smallest absolute Gasteiger partial charge is 0.0440 e. The van der Waals surface area contributed by atoms with Gasteiger partial charge in [0.05, 0.1) is 0 Å². The van der Waals surface area contributed by atoms with Crippen LogP contribution in [0, 0.1) is 6.92 Å². The molecule has 2 aromatic rings. The number of anilines is 1. The first-order valence-electron chi connectivity index (χ1n) is 6.32. The number of fused-ring (bicyclic) bond motifs is 1. The van der Waals surface area contributed by atoms with Crippen molar-refractivity contribution in [1.82, 2.24) is 0 Å². The van der Waals surface area contributed by atoms with E-state index in [9.17, 15) is 0 Å². The number of benzene rings is 2. The van der Waals surface area contributed by atoms with Crippen molar-refractivity contribution in [1.29, 1.82) is 0 Å². The van der Waals surface area contributed by atoms with E-state index < -0.39 is 0 Å². The van der Waals surface area contributed by atoms with Gasteiger partial charge in [-0.15, -0.1) is 0 Å². The van der Waals surface area contributed by atoms with Gasteiger partial charge in [0.1, 0.15) is 0 Å². The molecule has 0 aliphatic carbocycles. The lowest BCUT2D eigenvalue weighted by atomic mass is 10.1. The highest BCUT2D eigenvalue weighted by Crippen LogP contribution is 2.30. The van der Waals surface area contributed by atoms with Gasteiger partial charge in [-0.3, -0.25) is 0 Å². The van der Waals surface area contributed by atoms with E-state index in [0.717, 1.165) is 13.1 Å². The number of para-hydroxylation sites is 1. The van der Waals surface area contributed by atoms with Crippen molar-refractivity contribution in [2.45, 2.75) is 19.9 Å². The van der Waals surface area contributed by atoms with Gasteiger partial charge in [0.25, 0.3) is 0 Å². The Hall–Kier alpha value is -1.28. The first kappa shape index (κ1) is 11.8. The van der Waals surface area contributed by atoms with E-state index in [2.05, 4.69) is 70.2 Å². The third-order valence-electron chi connectivity index (χ3n) is 3.55. The topological polar surface area (TPSA) is 3.24 Å². The van der Waals surface area contributed by atoms with E-state index in [4.69, 9.17) is 0 Å². The lowest BCUT2D eigenvalue weighted by molar-refractivity contribution is 0.832. The molecule has 92 valence electrons. The number of hydrogen-bond donors (Lipinski definition) is 0. The molecule has 1 nitrogen and oxygen atoms in total. The molecule has 0 saturated heterocycles. The highest BCUT2D eigenvalue weighted by molar-refractivity contribution is 9.10. The predicted molar refractivity (Wildman–Crippen MR) is 80.1 cm³/mol. The molecule has 0 unspecified atom stereocenters. The number of aryl methyl sites for hydroxylation is 1. The fraction of sp³-hybridized carbons (Fsp3) is 0.250. The highest BCUT2D eigenvalue weighted by atomic mass is 79.9. The molecule has 0 N–H and O–H groups in total. The second-order valence-corrected chi connectivity index (χ2v) is 5.75. The summed E-state index contributed by atoms with van der Waals surface area (Å²) in [5, 5.41) is 0. The quantitative estimate of drug-likeness (QED) is 0.798. The predicted octanol–water partition coefficient (Wildman–Crippen LogP) is 4.32. The van der Waals surface area contributed by atoms with Crippen LogP contribution in [0.15, 0.2) is 46.9 Å². The van der Waals surface area contributed by atoms with Gasteiger partial charge >= 0.3 is 0 Å². The fourth-order valence-electron chi connectivity index (χ4n) is 2.60. The number of hydrogen-bond acceptors (Lipinski definition) is 1. The molecular weight excluding hydrogens is 286 g/mol. The van der Waals surface area contributed by atoms with E-state index in [1.165, 1.54) is 33.3 Å². The third-order valence-corrected chi connectivity index (χ3v) is 4.32. The van der Waals surface area contributed by atoms with Crippen LogP contribution in [-0.4, -0.2) is 6.54 Å². The van der Waals surface area contributed by atoms with E-state index in [-0.39, 0.29) is 0 Å². The summed E-state index contributed by atoms with van der Waals surface area (Å²) in [6, 6.07) is 15.3. The molecule has 0 atom stereocenters. The Bertz CT molecular complexity index is 577. The molecule has 0 fully saturated rings. The number of rotatable bonds is 2. The summed E-state index contributed by atoms with van der Waals surface area (Å²) in [6.07, 6.45) is 1.17. The Morgan fingerprint density at radius 1 is 1.17 bits per heavy atom. The molecule has 0 spiro atoms. The van der Waals surface area contributed by atoms with Crippen molar-refractivity contribution < 1.29 is 0 Å². The molecule has 0 amide bonds. The maximum Gasteiger partial charge on any atom is 0.0440 e. The van der Waals surface area contributed by atoms with Crippen molar-refractivity contribution in [3.63, 3.8) is 0 Å². The van der Waals surface area contributed by atoms with Crippen molar-refractivity contribution >= 4 is 21.6 Å². The van der Waals surface area contributed by atoms with Crippen LogP contribution in [0.1, 0.15) is 16.7 Å². The van der Waals surface area contributed by atoms with Crippen LogP contribution in [0.2, 0.25) is 0 Å². The van der Waals surface area contributed by atoms with Crippen LogP contribution in [-0.2, 0) is 13.0 Å². The first-order chi connectivity index (χ1) is 8.74. The average Bonchev–Trinajstić information content (AvgIpc) is 2.78. The molecule has 0 radical (unpaired) electrons. The fourth-order valence-corrected chi connectivity index (χ4v) is 2.97. The maximum absolute atomic E-state index is 3.65. The molecule has 18 heavy (non-hydrogen) atoms. The van der Waals surface area contributed by atoms with Crippen molar-refractivity contribution in [3.8, 4) is 0 Å². The Labute approximate surface area is 117 Å². The Morgan fingerprint density at radius 2 is 2.00 bits per heavy atom. The minimum absolute atomic E-state index is 0.985. The number of halogens is 1. The molecule has 1 heterocycles. The molecule has 1 aliphatic rings. The molecule has 0 bridgehead atoms. The van der Waals surface area contributed by atoms with E-state index >= 15 is 0 Å². The van der Waals surface area contributed by atoms with Gasteiger partial charge in [-0.1, -0.05) is 51.8 Å². The first-order valence-corrected chi connectivity index (χ1v) is 7.11. The zero-order valence-electron chi connectivity index (χ0n) is 10.5. The van der Waals surface area contributed by atoms with Crippen LogP contribution in [0.25, 0.3) is 0 Å². The van der Waals surface area contributed by atoms with Crippen LogP contribution in [0.5, 0.6) is 0 Å². The zero-order valence-corrected chi connectivity index (χ0v) is 12.1. The van der Waals surface area contributed by atoms with E-state index in [1.54, 1.807) is 0 Å². The summed E-state index contributed by atoms with van der Waals surface area (Å²) in [5.74, 6) is 0. The molecule has 2 aromatic carbocycles. The SMILES string of the molecule is Cc1ccc(Br)c(CN2CCc3ccccc32)c1. The largest absolute Gasteiger partial charge is 0.367 e. The van der Waals surface area contributed by atoms with Crippen molar-refractivity contribution in [2.75, 3.05) is 11.4 Å². The van der Waals surface area contributed by atoms with Gasteiger partial charge in [-0.05, 0) is 36.6 Å². The third kappa shape index (κ3) is 2.17. The summed E-state index contributed by atoms with van der Waals surface area (Å²) < 4.78 is 1.21. The van der Waals surface area contributed by atoms with Crippen LogP contribution in [0.3, 0.4) is 0 Å². The molecule has 2 heteroatoms. The van der Waals surface area contributed by atoms with Crippen LogP contribution in [0.4, 0.5) is 5.69 Å². The summed E-state index contributed by atoms with van der Waals surface area (Å²) in [5.41, 5.74) is 5.56. The van der Waals surface area contributed by atoms with Gasteiger partial charge in [0.2, 0.25) is 0 Å². The van der Waals surface area contributed by atoms with Gasteiger partial charge in [0, 0.05) is 23.2 Å². The van der Waals surface area contributed by atoms with Gasteiger partial charge < -0.3 is 4.90 Å². The molecular formula is C16H16BrN. The highest BCUT2D eigenvalue weighted by Gasteiger charge is 2.18. The summed E-state index contributed by atoms with van der Waals surface area (Å²) in [6.45, 7) is 4.26.